The second-order valence-electron chi connectivity index (χ2n) is 2.34. The van der Waals surface area contributed by atoms with Crippen LogP contribution in [0.1, 0.15) is 20.8 Å². The molecule has 0 aliphatic heterocycles. The zero-order valence-corrected chi connectivity index (χ0v) is 6.64. The smallest absolute Gasteiger partial charge is 0.0685 e. The van der Waals surface area contributed by atoms with Crippen LogP contribution in [0.3, 0.4) is 0 Å². The summed E-state index contributed by atoms with van der Waals surface area (Å²) in [4.78, 5) is 0. The Kier molecular flexibility index (Phi) is 3.16. The molecule has 0 aromatic heterocycles. The van der Waals surface area contributed by atoms with Crippen LogP contribution in [0.2, 0.25) is 0 Å². The normalized spacial score (nSPS) is 12.0. The molecule has 0 heterocycles. The lowest BCUT2D eigenvalue weighted by Gasteiger charge is -2.14. The minimum atomic E-state index is 0.335. The van der Waals surface area contributed by atoms with Gasteiger partial charge in [-0.2, -0.15) is 12.6 Å². The van der Waals surface area contributed by atoms with Crippen molar-refractivity contribution < 1.29 is 0 Å². The van der Waals surface area contributed by atoms with E-state index in [2.05, 4.69) is 33.4 Å². The van der Waals surface area contributed by atoms with Gasteiger partial charge in [0.1, 0.15) is 0 Å². The Hall–Kier alpha value is 0.700. The molecule has 0 fully saturated rings. The van der Waals surface area contributed by atoms with E-state index >= 15 is 0 Å². The van der Waals surface area contributed by atoms with Crippen LogP contribution in [0.25, 0.3) is 0 Å². The molecule has 0 aliphatic rings. The molecule has 1 radical (unpaired) electrons. The summed E-state index contributed by atoms with van der Waals surface area (Å²) >= 11 is 5.68. The second kappa shape index (κ2) is 2.88. The largest absolute Gasteiger partial charge is 0.163 e. The van der Waals surface area contributed by atoms with Crippen LogP contribution in [0.15, 0.2) is 0 Å². The van der Waals surface area contributed by atoms with Crippen molar-refractivity contribution in [3.8, 4) is 0 Å². The van der Waals surface area contributed by atoms with Crippen molar-refractivity contribution >= 4 is 24.4 Å². The molecule has 0 saturated heterocycles. The van der Waals surface area contributed by atoms with Crippen LogP contribution in [0, 0.1) is 5.08 Å². The summed E-state index contributed by atoms with van der Waals surface area (Å²) in [7, 11) is 0. The van der Waals surface area contributed by atoms with Gasteiger partial charge in [-0.05, 0) is 0 Å². The van der Waals surface area contributed by atoms with Crippen molar-refractivity contribution in [2.24, 2.45) is 0 Å². The van der Waals surface area contributed by atoms with Gasteiger partial charge in [-0.15, -0.1) is 11.8 Å². The molecule has 0 aromatic carbocycles. The summed E-state index contributed by atoms with van der Waals surface area (Å²) in [5, 5.41) is 1.82. The summed E-state index contributed by atoms with van der Waals surface area (Å²) in [6.07, 6.45) is 0. The fraction of sp³-hybridized carbons (Fsp3) is 0.800. The minimum Gasteiger partial charge on any atom is -0.163 e. The first-order valence-corrected chi connectivity index (χ1v) is 3.59. The molecule has 2 heteroatoms. The highest BCUT2D eigenvalue weighted by molar-refractivity contribution is 8.13. The number of hydrogen-bond acceptors (Lipinski definition) is 2. The molecule has 0 saturated carbocycles. The highest BCUT2D eigenvalue weighted by Gasteiger charge is 2.07. The van der Waals surface area contributed by atoms with Gasteiger partial charge >= 0.3 is 0 Å². The molecule has 0 atom stereocenters. The summed E-state index contributed by atoms with van der Waals surface area (Å²) in [6.45, 7) is 6.47. The molecule has 0 unspecified atom stereocenters. The van der Waals surface area contributed by atoms with Gasteiger partial charge in [0.05, 0.1) is 5.08 Å². The second-order valence-corrected chi connectivity index (χ2v) is 4.64. The zero-order chi connectivity index (χ0) is 5.91. The van der Waals surface area contributed by atoms with E-state index in [1.54, 1.807) is 11.8 Å². The summed E-state index contributed by atoms with van der Waals surface area (Å²) < 4.78 is 0.335. The zero-order valence-electron chi connectivity index (χ0n) is 4.93. The van der Waals surface area contributed by atoms with E-state index in [0.717, 1.165) is 0 Å². The van der Waals surface area contributed by atoms with Crippen molar-refractivity contribution in [3.63, 3.8) is 0 Å². The van der Waals surface area contributed by atoms with Crippen molar-refractivity contribution in [1.82, 2.24) is 0 Å². The van der Waals surface area contributed by atoms with Crippen LogP contribution in [-0.4, -0.2) is 4.75 Å². The van der Waals surface area contributed by atoms with Gasteiger partial charge < -0.3 is 0 Å². The molecule has 0 N–H and O–H groups in total. The third-order valence-corrected chi connectivity index (χ3v) is 1.54. The summed E-state index contributed by atoms with van der Waals surface area (Å²) in [5.74, 6) is 0. The Bertz CT molecular complexity index is 44.5. The first kappa shape index (κ1) is 7.70. The Labute approximate surface area is 55.5 Å². The molecule has 0 aromatic rings. The third kappa shape index (κ3) is 6.70. The van der Waals surface area contributed by atoms with Crippen molar-refractivity contribution in [1.29, 1.82) is 0 Å². The molecule has 0 nitrogen and oxygen atoms in total. The highest BCUT2D eigenvalue weighted by atomic mass is 32.2. The first-order chi connectivity index (χ1) is 3.06. The third-order valence-electron chi connectivity index (χ3n) is 0.406. The predicted octanol–water partition coefficient (Wildman–Crippen LogP) is 2.57. The lowest BCUT2D eigenvalue weighted by atomic mass is 10.3. The Morgan fingerprint density at radius 3 is 1.86 bits per heavy atom. The maximum absolute atomic E-state index is 3.95. The molecule has 0 bridgehead atoms. The number of hydrogen-bond donors (Lipinski definition) is 1. The summed E-state index contributed by atoms with van der Waals surface area (Å²) in [6, 6.07) is 0. The van der Waals surface area contributed by atoms with E-state index in [1.165, 1.54) is 0 Å². The topological polar surface area (TPSA) is 0 Å². The molecule has 0 aliphatic carbocycles. The average Bonchev–Trinajstić information content (AvgIpc) is 1.30. The molecular formula is C5H11S2. The number of rotatable bonds is 1. The quantitative estimate of drug-likeness (QED) is 0.539. The van der Waals surface area contributed by atoms with Crippen molar-refractivity contribution in [2.75, 3.05) is 0 Å². The van der Waals surface area contributed by atoms with E-state index in [4.69, 9.17) is 0 Å². The van der Waals surface area contributed by atoms with Crippen LogP contribution >= 0.6 is 24.4 Å². The fourth-order valence-electron chi connectivity index (χ4n) is 0.158. The van der Waals surface area contributed by atoms with Crippen LogP contribution in [-0.2, 0) is 0 Å². The van der Waals surface area contributed by atoms with Crippen LogP contribution < -0.4 is 0 Å². The van der Waals surface area contributed by atoms with Crippen LogP contribution in [0.5, 0.6) is 0 Å². The van der Waals surface area contributed by atoms with E-state index in [-0.39, 0.29) is 0 Å². The number of thioether (sulfide) groups is 1. The Morgan fingerprint density at radius 2 is 1.86 bits per heavy atom. The monoisotopic (exact) mass is 135 g/mol. The maximum atomic E-state index is 3.95. The molecular weight excluding hydrogens is 124 g/mol. The SMILES string of the molecule is CC(C)(C)S[CH]S. The van der Waals surface area contributed by atoms with Gasteiger partial charge in [-0.1, -0.05) is 20.8 Å². The molecule has 0 rings (SSSR count). The van der Waals surface area contributed by atoms with E-state index < -0.39 is 0 Å². The van der Waals surface area contributed by atoms with Crippen molar-refractivity contribution in [2.45, 2.75) is 25.5 Å². The van der Waals surface area contributed by atoms with E-state index in [1.807, 2.05) is 5.08 Å². The highest BCUT2D eigenvalue weighted by Crippen LogP contribution is 2.26. The van der Waals surface area contributed by atoms with Gasteiger partial charge in [-0.25, -0.2) is 0 Å². The van der Waals surface area contributed by atoms with Crippen LogP contribution in [0.4, 0.5) is 0 Å². The Morgan fingerprint density at radius 1 is 1.43 bits per heavy atom. The lowest BCUT2D eigenvalue weighted by Crippen LogP contribution is -2.04. The van der Waals surface area contributed by atoms with Gasteiger partial charge in [0.15, 0.2) is 0 Å². The van der Waals surface area contributed by atoms with Gasteiger partial charge in [0.25, 0.3) is 0 Å². The van der Waals surface area contributed by atoms with Gasteiger partial charge in [0, 0.05) is 4.75 Å². The minimum absolute atomic E-state index is 0.335. The standard InChI is InChI=1S/C5H11S2/c1-5(2,3)7-4-6/h4,6H,1-3H3. The van der Waals surface area contributed by atoms with E-state index in [0.29, 0.717) is 4.75 Å². The predicted molar refractivity (Wildman–Crippen MR) is 40.6 cm³/mol. The lowest BCUT2D eigenvalue weighted by molar-refractivity contribution is 0.807. The first-order valence-electron chi connectivity index (χ1n) is 2.20. The Balaban J connectivity index is 3.15. The number of thiol groups is 1. The van der Waals surface area contributed by atoms with Gasteiger partial charge in [-0.3, -0.25) is 0 Å². The molecule has 43 valence electrons. The molecule has 0 amide bonds. The molecule has 7 heavy (non-hydrogen) atoms. The fourth-order valence-corrected chi connectivity index (χ4v) is 1.42. The summed E-state index contributed by atoms with van der Waals surface area (Å²) in [5.41, 5.74) is 0. The van der Waals surface area contributed by atoms with Crippen molar-refractivity contribution in [3.05, 3.63) is 5.08 Å². The maximum Gasteiger partial charge on any atom is 0.0685 e. The van der Waals surface area contributed by atoms with Gasteiger partial charge in [0.2, 0.25) is 0 Å². The molecule has 0 spiro atoms. The van der Waals surface area contributed by atoms with E-state index in [9.17, 15) is 0 Å². The average molecular weight is 135 g/mol.